The third-order valence-corrected chi connectivity index (χ3v) is 5.30. The molecule has 0 fully saturated rings. The van der Waals surface area contributed by atoms with Crippen LogP contribution in [0.4, 0.5) is 0 Å². The Balaban J connectivity index is 2.57. The number of ether oxygens (including phenoxy) is 1. The average Bonchev–Trinajstić information content (AvgIpc) is 2.59. The average molecular weight is 362 g/mol. The van der Waals surface area contributed by atoms with Gasteiger partial charge >= 0.3 is 0 Å². The van der Waals surface area contributed by atoms with E-state index in [1.165, 1.54) is 0 Å². The Morgan fingerprint density at radius 1 is 1.15 bits per heavy atom. The van der Waals surface area contributed by atoms with Crippen LogP contribution in [0.3, 0.4) is 0 Å². The van der Waals surface area contributed by atoms with Crippen molar-refractivity contribution in [2.75, 3.05) is 7.11 Å². The van der Waals surface area contributed by atoms with Crippen molar-refractivity contribution in [3.05, 3.63) is 23.8 Å². The van der Waals surface area contributed by atoms with E-state index in [-0.39, 0.29) is 17.6 Å². The van der Waals surface area contributed by atoms with E-state index >= 15 is 0 Å². The summed E-state index contributed by atoms with van der Waals surface area (Å²) < 4.78 is 5.11. The predicted molar refractivity (Wildman–Crippen MR) is 108 cm³/mol. The monoisotopic (exact) mass is 361 g/mol. The first-order valence-electron chi connectivity index (χ1n) is 9.66. The summed E-state index contributed by atoms with van der Waals surface area (Å²) in [6.45, 7) is 12.0. The zero-order chi connectivity index (χ0) is 19.7. The summed E-state index contributed by atoms with van der Waals surface area (Å²) in [4.78, 5) is 15.5. The molecule has 0 bridgehead atoms. The van der Waals surface area contributed by atoms with Gasteiger partial charge in [0, 0.05) is 5.92 Å². The molecule has 4 heteroatoms. The van der Waals surface area contributed by atoms with Gasteiger partial charge in [-0.2, -0.15) is 0 Å². The Bertz CT molecular complexity index is 581. The Labute approximate surface area is 158 Å². The number of aromatic hydroxyl groups is 1. The number of rotatable bonds is 11. The van der Waals surface area contributed by atoms with Crippen LogP contribution >= 0.6 is 0 Å². The van der Waals surface area contributed by atoms with Gasteiger partial charge in [-0.15, -0.1) is 0 Å². The molecule has 0 aromatic heterocycles. The molecule has 0 aliphatic rings. The minimum atomic E-state index is -0.0749. The lowest BCUT2D eigenvalue weighted by atomic mass is 9.83. The van der Waals surface area contributed by atoms with E-state index in [1.54, 1.807) is 13.2 Å². The van der Waals surface area contributed by atoms with Gasteiger partial charge in [-0.25, -0.2) is 4.99 Å². The molecular formula is C22H35NO3. The number of aliphatic imine (C=N–C) groups is 1. The molecule has 0 radical (unpaired) electrons. The van der Waals surface area contributed by atoms with Crippen LogP contribution in [0, 0.1) is 23.7 Å². The number of carbonyl (C=O) groups excluding carboxylic acids is 1. The molecule has 0 spiro atoms. The van der Waals surface area contributed by atoms with E-state index in [1.807, 2.05) is 12.1 Å². The van der Waals surface area contributed by atoms with E-state index in [0.29, 0.717) is 23.5 Å². The number of phenolic OH excluding ortho intramolecular Hbond substituents is 1. The molecule has 0 aliphatic heterocycles. The third-order valence-electron chi connectivity index (χ3n) is 5.30. The van der Waals surface area contributed by atoms with Crippen LogP contribution in [-0.2, 0) is 11.2 Å². The van der Waals surface area contributed by atoms with Crippen LogP contribution < -0.4 is 4.74 Å². The van der Waals surface area contributed by atoms with Gasteiger partial charge in [0.05, 0.1) is 7.11 Å². The lowest BCUT2D eigenvalue weighted by Gasteiger charge is -2.22. The number of amides is 1. The van der Waals surface area contributed by atoms with E-state index in [9.17, 15) is 9.90 Å². The Kier molecular flexibility index (Phi) is 9.39. The van der Waals surface area contributed by atoms with Gasteiger partial charge in [-0.1, -0.05) is 46.6 Å². The maximum Gasteiger partial charge on any atom is 0.248 e. The molecule has 1 rings (SSSR count). The van der Waals surface area contributed by atoms with E-state index in [4.69, 9.17) is 4.74 Å². The van der Waals surface area contributed by atoms with Crippen molar-refractivity contribution in [2.45, 2.75) is 59.8 Å². The van der Waals surface area contributed by atoms with Gasteiger partial charge in [0.25, 0.3) is 0 Å². The maximum absolute atomic E-state index is 11.9. The van der Waals surface area contributed by atoms with Crippen LogP contribution in [0.25, 0.3) is 0 Å². The van der Waals surface area contributed by atoms with Gasteiger partial charge in [-0.3, -0.25) is 4.79 Å². The van der Waals surface area contributed by atoms with Crippen LogP contribution in [-0.4, -0.2) is 24.8 Å². The van der Waals surface area contributed by atoms with Crippen molar-refractivity contribution >= 4 is 12.6 Å². The Morgan fingerprint density at radius 3 is 2.31 bits per heavy atom. The van der Waals surface area contributed by atoms with Crippen molar-refractivity contribution in [3.8, 4) is 11.5 Å². The number of hydrogen-bond donors (Lipinski definition) is 1. The first-order valence-corrected chi connectivity index (χ1v) is 9.66. The second kappa shape index (κ2) is 11.0. The highest BCUT2D eigenvalue weighted by Crippen LogP contribution is 2.30. The first kappa shape index (κ1) is 22.2. The summed E-state index contributed by atoms with van der Waals surface area (Å²) in [6, 6.07) is 5.65. The smallest absolute Gasteiger partial charge is 0.248 e. The number of nitrogens with zero attached hydrogens (tertiary/aromatic N) is 1. The van der Waals surface area contributed by atoms with Crippen LogP contribution in [0.15, 0.2) is 23.2 Å². The normalized spacial score (nSPS) is 13.7. The second-order valence-electron chi connectivity index (χ2n) is 7.85. The lowest BCUT2D eigenvalue weighted by molar-refractivity contribution is -0.123. The minimum absolute atomic E-state index is 0.0106. The molecule has 1 aromatic carbocycles. The molecule has 4 nitrogen and oxygen atoms in total. The quantitative estimate of drug-likeness (QED) is 0.431. The molecule has 2 unspecified atom stereocenters. The second-order valence-corrected chi connectivity index (χ2v) is 7.85. The number of phenols is 1. The summed E-state index contributed by atoms with van der Waals surface area (Å²) in [5, 5.41) is 9.97. The SMILES string of the molecule is C=NC(=O)C(CCCCC(Cc1ccc(OC)c(O)c1)C(C)C)C(C)C. The molecular weight excluding hydrogens is 326 g/mol. The fourth-order valence-electron chi connectivity index (χ4n) is 3.47. The summed E-state index contributed by atoms with van der Waals surface area (Å²) in [6.07, 6.45) is 5.06. The summed E-state index contributed by atoms with van der Waals surface area (Å²) in [5.41, 5.74) is 1.13. The largest absolute Gasteiger partial charge is 0.504 e. The zero-order valence-corrected chi connectivity index (χ0v) is 17.0. The number of methoxy groups -OCH3 is 1. The van der Waals surface area contributed by atoms with Gasteiger partial charge in [0.1, 0.15) is 0 Å². The molecule has 146 valence electrons. The number of unbranched alkanes of at least 4 members (excludes halogenated alkanes) is 1. The predicted octanol–water partition coefficient (Wildman–Crippen LogP) is 5.28. The van der Waals surface area contributed by atoms with E-state index in [2.05, 4.69) is 39.4 Å². The maximum atomic E-state index is 11.9. The molecule has 1 N–H and O–H groups in total. The Hall–Kier alpha value is -1.84. The molecule has 0 saturated carbocycles. The summed E-state index contributed by atoms with van der Waals surface area (Å²) >= 11 is 0. The number of carbonyl (C=O) groups is 1. The van der Waals surface area contributed by atoms with E-state index < -0.39 is 0 Å². The molecule has 1 aromatic rings. The standard InChI is InChI=1S/C22H35NO3/c1-15(2)18(13-17-11-12-21(26-6)20(24)14-17)9-7-8-10-19(16(3)4)22(25)23-5/h11-12,14-16,18-19,24H,5,7-10,13H2,1-4,6H3. The molecule has 0 saturated heterocycles. The van der Waals surface area contributed by atoms with Crippen molar-refractivity contribution in [2.24, 2.45) is 28.7 Å². The minimum Gasteiger partial charge on any atom is -0.504 e. The molecule has 2 atom stereocenters. The summed E-state index contributed by atoms with van der Waals surface area (Å²) in [5.74, 6) is 2.04. The lowest BCUT2D eigenvalue weighted by Crippen LogP contribution is -2.18. The topological polar surface area (TPSA) is 58.9 Å². The van der Waals surface area contributed by atoms with Crippen molar-refractivity contribution in [1.29, 1.82) is 0 Å². The van der Waals surface area contributed by atoms with Crippen LogP contribution in [0.5, 0.6) is 11.5 Å². The van der Waals surface area contributed by atoms with Gasteiger partial charge in [0.2, 0.25) is 5.91 Å². The third kappa shape index (κ3) is 6.81. The number of hydrogen-bond acceptors (Lipinski definition) is 3. The fourth-order valence-corrected chi connectivity index (χ4v) is 3.47. The first-order chi connectivity index (χ1) is 12.3. The van der Waals surface area contributed by atoms with Crippen molar-refractivity contribution in [1.82, 2.24) is 0 Å². The zero-order valence-electron chi connectivity index (χ0n) is 17.0. The van der Waals surface area contributed by atoms with Crippen molar-refractivity contribution < 1.29 is 14.6 Å². The fraction of sp³-hybridized carbons (Fsp3) is 0.636. The van der Waals surface area contributed by atoms with Crippen LogP contribution in [0.2, 0.25) is 0 Å². The molecule has 0 aliphatic carbocycles. The van der Waals surface area contributed by atoms with Gasteiger partial charge in [0.15, 0.2) is 11.5 Å². The highest BCUT2D eigenvalue weighted by atomic mass is 16.5. The highest BCUT2D eigenvalue weighted by molar-refractivity contribution is 5.83. The van der Waals surface area contributed by atoms with Gasteiger partial charge in [-0.05, 0) is 61.4 Å². The van der Waals surface area contributed by atoms with Gasteiger partial charge < -0.3 is 9.84 Å². The molecule has 1 amide bonds. The highest BCUT2D eigenvalue weighted by Gasteiger charge is 2.21. The van der Waals surface area contributed by atoms with Crippen molar-refractivity contribution in [3.63, 3.8) is 0 Å². The Morgan fingerprint density at radius 2 is 1.81 bits per heavy atom. The molecule has 0 heterocycles. The van der Waals surface area contributed by atoms with Crippen LogP contribution in [0.1, 0.15) is 58.9 Å². The van der Waals surface area contributed by atoms with E-state index in [0.717, 1.165) is 37.7 Å². The number of benzene rings is 1. The summed E-state index contributed by atoms with van der Waals surface area (Å²) in [7, 11) is 1.56. The molecule has 26 heavy (non-hydrogen) atoms.